The van der Waals surface area contributed by atoms with Crippen LogP contribution in [0.3, 0.4) is 0 Å². The topological polar surface area (TPSA) is 81.0 Å². The summed E-state index contributed by atoms with van der Waals surface area (Å²) in [6.45, 7) is 0. The predicted molar refractivity (Wildman–Crippen MR) is 121 cm³/mol. The molecular formula is C25H26FN5O2. The quantitative estimate of drug-likeness (QED) is 0.535. The molecule has 1 amide bonds. The molecule has 2 aliphatic rings. The molecule has 8 heteroatoms. The first kappa shape index (κ1) is 21.4. The number of fused-ring (bicyclic) bond motifs is 2. The highest BCUT2D eigenvalue weighted by Crippen LogP contribution is 2.32. The van der Waals surface area contributed by atoms with Gasteiger partial charge in [0.2, 0.25) is 17.5 Å². The van der Waals surface area contributed by atoms with Crippen molar-refractivity contribution in [1.82, 2.24) is 19.7 Å². The Hall–Kier alpha value is -3.42. The summed E-state index contributed by atoms with van der Waals surface area (Å²) in [7, 11) is 1.79. The van der Waals surface area contributed by atoms with Crippen LogP contribution in [0.4, 0.5) is 10.1 Å². The maximum Gasteiger partial charge on any atom is 0.229 e. The van der Waals surface area contributed by atoms with Gasteiger partial charge >= 0.3 is 0 Å². The van der Waals surface area contributed by atoms with Crippen LogP contribution in [0.25, 0.3) is 0 Å². The molecule has 170 valence electrons. The number of halogens is 1. The van der Waals surface area contributed by atoms with Crippen molar-refractivity contribution in [3.05, 3.63) is 71.3 Å². The number of anilines is 1. The number of aromatic nitrogens is 4. The van der Waals surface area contributed by atoms with Crippen LogP contribution in [0.2, 0.25) is 0 Å². The molecular weight excluding hydrogens is 421 g/mol. The summed E-state index contributed by atoms with van der Waals surface area (Å²) in [6.07, 6.45) is 6.12. The van der Waals surface area contributed by atoms with Crippen LogP contribution in [0.5, 0.6) is 0 Å². The molecule has 4 heterocycles. The number of hydrogen-bond acceptors (Lipinski definition) is 5. The lowest BCUT2D eigenvalue weighted by atomic mass is 9.95. The number of Topliss-reactive ketones (excluding diaryl/α,β-unsaturated/α-hetero) is 1. The molecule has 0 aliphatic carbocycles. The molecule has 0 fully saturated rings. The summed E-state index contributed by atoms with van der Waals surface area (Å²) in [5.41, 5.74) is 2.38. The van der Waals surface area contributed by atoms with E-state index in [2.05, 4.69) is 15.1 Å². The number of benzene rings is 1. The van der Waals surface area contributed by atoms with Crippen molar-refractivity contribution in [3.8, 4) is 0 Å². The molecule has 0 saturated heterocycles. The van der Waals surface area contributed by atoms with Gasteiger partial charge in [-0.15, -0.1) is 5.10 Å². The fraction of sp³-hybridized carbons (Fsp3) is 0.400. The van der Waals surface area contributed by atoms with Gasteiger partial charge in [-0.25, -0.2) is 14.1 Å². The lowest BCUT2D eigenvalue weighted by molar-refractivity contribution is -0.122. The number of pyridine rings is 1. The van der Waals surface area contributed by atoms with E-state index in [0.717, 1.165) is 36.5 Å². The first-order chi connectivity index (χ1) is 16.0. The van der Waals surface area contributed by atoms with Crippen molar-refractivity contribution in [1.29, 1.82) is 0 Å². The number of carbonyl (C=O) groups excluding carboxylic acids is 2. The lowest BCUT2D eigenvalue weighted by Crippen LogP contribution is -2.31. The third-order valence-electron chi connectivity index (χ3n) is 6.75. The van der Waals surface area contributed by atoms with Gasteiger partial charge in [0.05, 0.1) is 17.4 Å². The van der Waals surface area contributed by atoms with E-state index in [1.54, 1.807) is 41.0 Å². The second kappa shape index (κ2) is 8.84. The van der Waals surface area contributed by atoms with Crippen molar-refractivity contribution in [2.24, 2.45) is 5.92 Å². The number of amides is 1. The Morgan fingerprint density at radius 2 is 2.00 bits per heavy atom. The monoisotopic (exact) mass is 447 g/mol. The lowest BCUT2D eigenvalue weighted by Gasteiger charge is -2.20. The normalized spacial score (nSPS) is 19.8. The first-order valence-electron chi connectivity index (χ1n) is 11.5. The second-order valence-corrected chi connectivity index (χ2v) is 8.79. The summed E-state index contributed by atoms with van der Waals surface area (Å²) >= 11 is 0. The van der Waals surface area contributed by atoms with Gasteiger partial charge in [-0.2, -0.15) is 0 Å². The largest absolute Gasteiger partial charge is 0.313 e. The number of hydrogen-bond donors (Lipinski definition) is 0. The Morgan fingerprint density at radius 3 is 2.85 bits per heavy atom. The van der Waals surface area contributed by atoms with Gasteiger partial charge < -0.3 is 4.90 Å². The number of rotatable bonds is 6. The highest BCUT2D eigenvalue weighted by Gasteiger charge is 2.31. The van der Waals surface area contributed by atoms with E-state index in [1.807, 2.05) is 12.1 Å². The highest BCUT2D eigenvalue weighted by atomic mass is 19.1. The standard InChI is InChI=1S/C25H26FN5O2/c1-30-21-9-5-15-27-19(21)12-11-16(25(30)33)6-4-10-22(32)24-28-23-14-13-20(31(23)29-24)17-7-2-3-8-18(17)26/h2-3,5,7-9,15-16,20H,4,6,10-14H2,1H3/t16-,20+/m0/s1. The molecule has 2 aliphatic heterocycles. The van der Waals surface area contributed by atoms with Crippen LogP contribution in [-0.4, -0.2) is 38.5 Å². The average molecular weight is 448 g/mol. The van der Waals surface area contributed by atoms with E-state index < -0.39 is 0 Å². The fourth-order valence-corrected chi connectivity index (χ4v) is 4.96. The van der Waals surface area contributed by atoms with Gasteiger partial charge in [0.15, 0.2) is 0 Å². The Bertz CT molecular complexity index is 1210. The molecule has 0 radical (unpaired) electrons. The summed E-state index contributed by atoms with van der Waals surface area (Å²) in [4.78, 5) is 36.2. The summed E-state index contributed by atoms with van der Waals surface area (Å²) in [5.74, 6) is 0.436. The highest BCUT2D eigenvalue weighted by molar-refractivity contribution is 5.96. The van der Waals surface area contributed by atoms with E-state index in [-0.39, 0.29) is 41.7 Å². The Morgan fingerprint density at radius 1 is 1.15 bits per heavy atom. The molecule has 7 nitrogen and oxygen atoms in total. The third-order valence-corrected chi connectivity index (χ3v) is 6.75. The molecule has 0 saturated carbocycles. The van der Waals surface area contributed by atoms with Crippen molar-refractivity contribution in [2.75, 3.05) is 11.9 Å². The van der Waals surface area contributed by atoms with Crippen LogP contribution >= 0.6 is 0 Å². The zero-order chi connectivity index (χ0) is 22.9. The summed E-state index contributed by atoms with van der Waals surface area (Å²) in [5, 5.41) is 4.43. The molecule has 2 atom stereocenters. The minimum Gasteiger partial charge on any atom is -0.313 e. The molecule has 33 heavy (non-hydrogen) atoms. The van der Waals surface area contributed by atoms with Gasteiger partial charge in [0.25, 0.3) is 0 Å². The van der Waals surface area contributed by atoms with Gasteiger partial charge in [0, 0.05) is 37.6 Å². The second-order valence-electron chi connectivity index (χ2n) is 8.79. The molecule has 3 aromatic rings. The van der Waals surface area contributed by atoms with Crippen LogP contribution in [0, 0.1) is 11.7 Å². The number of aryl methyl sites for hydroxylation is 2. The summed E-state index contributed by atoms with van der Waals surface area (Å²) < 4.78 is 15.9. The van der Waals surface area contributed by atoms with Crippen LogP contribution < -0.4 is 4.90 Å². The van der Waals surface area contributed by atoms with E-state index >= 15 is 0 Å². The SMILES string of the molecule is CN1C(=O)[C@@H](CCCC(=O)c2nc3n(n2)[C@@H](c2ccccc2F)CC3)CCc2ncccc21. The van der Waals surface area contributed by atoms with Crippen LogP contribution in [0.1, 0.15) is 65.8 Å². The van der Waals surface area contributed by atoms with Crippen molar-refractivity contribution in [2.45, 2.75) is 51.0 Å². The minimum absolute atomic E-state index is 0.0704. The number of carbonyl (C=O) groups is 2. The van der Waals surface area contributed by atoms with Crippen molar-refractivity contribution in [3.63, 3.8) is 0 Å². The van der Waals surface area contributed by atoms with Crippen molar-refractivity contribution >= 4 is 17.4 Å². The van der Waals surface area contributed by atoms with Gasteiger partial charge in [0.1, 0.15) is 11.6 Å². The van der Waals surface area contributed by atoms with E-state index in [1.165, 1.54) is 6.07 Å². The molecule has 0 spiro atoms. The zero-order valence-corrected chi connectivity index (χ0v) is 18.6. The summed E-state index contributed by atoms with van der Waals surface area (Å²) in [6, 6.07) is 10.2. The van der Waals surface area contributed by atoms with E-state index in [4.69, 9.17) is 0 Å². The average Bonchev–Trinajstić information content (AvgIpc) is 3.39. The molecule has 2 aromatic heterocycles. The maximum atomic E-state index is 14.3. The Kier molecular flexibility index (Phi) is 5.74. The zero-order valence-electron chi connectivity index (χ0n) is 18.6. The molecule has 0 bridgehead atoms. The van der Waals surface area contributed by atoms with E-state index in [9.17, 15) is 14.0 Å². The molecule has 0 N–H and O–H groups in total. The van der Waals surface area contributed by atoms with E-state index in [0.29, 0.717) is 24.8 Å². The van der Waals surface area contributed by atoms with Gasteiger partial charge in [-0.3, -0.25) is 14.6 Å². The van der Waals surface area contributed by atoms with Crippen LogP contribution in [-0.2, 0) is 17.6 Å². The third kappa shape index (κ3) is 4.05. The first-order valence-corrected chi connectivity index (χ1v) is 11.5. The molecule has 5 rings (SSSR count). The fourth-order valence-electron chi connectivity index (χ4n) is 4.96. The van der Waals surface area contributed by atoms with Gasteiger partial charge in [-0.05, 0) is 50.3 Å². The number of nitrogens with zero attached hydrogens (tertiary/aromatic N) is 5. The maximum absolute atomic E-state index is 14.3. The number of ketones is 1. The Balaban J connectivity index is 1.21. The van der Waals surface area contributed by atoms with Crippen LogP contribution in [0.15, 0.2) is 42.6 Å². The Labute approximate surface area is 191 Å². The predicted octanol–water partition coefficient (Wildman–Crippen LogP) is 3.93. The van der Waals surface area contributed by atoms with Gasteiger partial charge in [-0.1, -0.05) is 18.2 Å². The minimum atomic E-state index is -0.269. The molecule has 0 unspecified atom stereocenters. The molecule has 1 aromatic carbocycles. The smallest absolute Gasteiger partial charge is 0.229 e. The van der Waals surface area contributed by atoms with Crippen molar-refractivity contribution < 1.29 is 14.0 Å².